The molecule has 0 aliphatic carbocycles. The smallest absolute Gasteiger partial charge is 0.392 e. The summed E-state index contributed by atoms with van der Waals surface area (Å²) in [5, 5.41) is 9.10. The molecule has 5 nitrogen and oxygen atoms in total. The molecule has 2 rings (SSSR count). The molecule has 0 saturated heterocycles. The molecule has 114 valence electrons. The number of aliphatic hydroxyl groups excluding tert-OH is 1. The molecule has 1 aromatic carbocycles. The van der Waals surface area contributed by atoms with Crippen molar-refractivity contribution in [2.24, 2.45) is 7.05 Å². The number of rotatable bonds is 2. The second kappa shape index (κ2) is 5.03. The zero-order valence-electron chi connectivity index (χ0n) is 11.3. The second-order valence-corrected chi connectivity index (χ2v) is 4.81. The van der Waals surface area contributed by atoms with Gasteiger partial charge in [0.15, 0.2) is 0 Å². The Morgan fingerprint density at radius 3 is 2.43 bits per heavy atom. The number of fused-ring (bicyclic) bond motifs is 1. The van der Waals surface area contributed by atoms with Crippen LogP contribution in [-0.2, 0) is 19.8 Å². The third-order valence-corrected chi connectivity index (χ3v) is 3.12. The molecule has 1 heterocycles. The molecule has 0 fully saturated rings. The number of aryl methyl sites for hydroxylation is 1. The highest BCUT2D eigenvalue weighted by atomic mass is 19.4. The Labute approximate surface area is 116 Å². The van der Waals surface area contributed by atoms with Gasteiger partial charge in [0.1, 0.15) is 0 Å². The van der Waals surface area contributed by atoms with Crippen molar-refractivity contribution in [3.05, 3.63) is 44.6 Å². The van der Waals surface area contributed by atoms with Crippen LogP contribution in [0.15, 0.2) is 27.8 Å². The molecule has 0 bridgehead atoms. The maximum Gasteiger partial charge on any atom is 0.418 e. The van der Waals surface area contributed by atoms with Gasteiger partial charge in [-0.3, -0.25) is 13.9 Å². The molecular weight excluding hydrogens is 289 g/mol. The number of para-hydroxylation sites is 1. The molecule has 0 aliphatic heterocycles. The van der Waals surface area contributed by atoms with Gasteiger partial charge >= 0.3 is 11.9 Å². The molecule has 0 spiro atoms. The lowest BCUT2D eigenvalue weighted by Gasteiger charge is -2.15. The first-order chi connectivity index (χ1) is 9.64. The molecule has 0 saturated carbocycles. The summed E-state index contributed by atoms with van der Waals surface area (Å²) in [6, 6.07) is 3.16. The van der Waals surface area contributed by atoms with Crippen LogP contribution in [0.4, 0.5) is 13.2 Å². The van der Waals surface area contributed by atoms with Gasteiger partial charge in [0.05, 0.1) is 29.1 Å². The lowest BCUT2D eigenvalue weighted by molar-refractivity contribution is -0.136. The quantitative estimate of drug-likeness (QED) is 0.903. The fourth-order valence-electron chi connectivity index (χ4n) is 2.24. The zero-order valence-corrected chi connectivity index (χ0v) is 11.3. The summed E-state index contributed by atoms with van der Waals surface area (Å²) in [5.74, 6) is 0. The molecule has 1 atom stereocenters. The highest BCUT2D eigenvalue weighted by molar-refractivity contribution is 5.81. The summed E-state index contributed by atoms with van der Waals surface area (Å²) in [7, 11) is 1.16. The largest absolute Gasteiger partial charge is 0.418 e. The lowest BCUT2D eigenvalue weighted by atomic mass is 10.1. The van der Waals surface area contributed by atoms with Crippen LogP contribution in [0.25, 0.3) is 10.9 Å². The highest BCUT2D eigenvalue weighted by Gasteiger charge is 2.34. The average molecular weight is 302 g/mol. The minimum atomic E-state index is -4.67. The molecule has 1 N–H and O–H groups in total. The van der Waals surface area contributed by atoms with Gasteiger partial charge in [0, 0.05) is 7.05 Å². The van der Waals surface area contributed by atoms with E-state index in [0.717, 1.165) is 28.3 Å². The number of nitrogens with zero attached hydrogens (tertiary/aromatic N) is 2. The number of hydrogen-bond donors (Lipinski definition) is 1. The van der Waals surface area contributed by atoms with E-state index in [1.165, 1.54) is 13.0 Å². The van der Waals surface area contributed by atoms with Crippen LogP contribution in [0.1, 0.15) is 12.5 Å². The van der Waals surface area contributed by atoms with Crippen molar-refractivity contribution in [2.45, 2.75) is 25.7 Å². The van der Waals surface area contributed by atoms with Crippen LogP contribution in [0, 0.1) is 0 Å². The number of alkyl halides is 3. The number of benzene rings is 1. The van der Waals surface area contributed by atoms with Gasteiger partial charge in [-0.15, -0.1) is 0 Å². The summed E-state index contributed by atoms with van der Waals surface area (Å²) in [5.41, 5.74) is -3.24. The molecule has 0 aliphatic rings. The van der Waals surface area contributed by atoms with Gasteiger partial charge in [-0.2, -0.15) is 13.2 Å². The van der Waals surface area contributed by atoms with Gasteiger partial charge in [-0.05, 0) is 19.1 Å². The molecule has 0 amide bonds. The summed E-state index contributed by atoms with van der Waals surface area (Å²) in [4.78, 5) is 24.3. The fraction of sp³-hybridized carbons (Fsp3) is 0.385. The number of hydrogen-bond acceptors (Lipinski definition) is 3. The normalized spacial score (nSPS) is 13.6. The van der Waals surface area contributed by atoms with Crippen molar-refractivity contribution in [1.29, 1.82) is 0 Å². The van der Waals surface area contributed by atoms with Crippen LogP contribution in [0.2, 0.25) is 0 Å². The van der Waals surface area contributed by atoms with E-state index in [2.05, 4.69) is 0 Å². The standard InChI is InChI=1S/C13H13F3N2O3/c1-7(19)6-18-11(20)8-4-3-5-9(13(14,15)16)10(8)17(2)12(18)21/h3-5,7,19H,6H2,1-2H3. The second-order valence-electron chi connectivity index (χ2n) is 4.81. The van der Waals surface area contributed by atoms with E-state index < -0.39 is 34.6 Å². The van der Waals surface area contributed by atoms with Crippen molar-refractivity contribution in [3.63, 3.8) is 0 Å². The van der Waals surface area contributed by atoms with Crippen molar-refractivity contribution >= 4 is 10.9 Å². The van der Waals surface area contributed by atoms with Gasteiger partial charge in [0.25, 0.3) is 5.56 Å². The average Bonchev–Trinajstić information content (AvgIpc) is 2.39. The van der Waals surface area contributed by atoms with E-state index in [4.69, 9.17) is 0 Å². The Hall–Kier alpha value is -2.09. The SMILES string of the molecule is CC(O)Cn1c(=O)c2cccc(C(F)(F)F)c2n(C)c1=O. The Morgan fingerprint density at radius 2 is 1.90 bits per heavy atom. The molecule has 0 radical (unpaired) electrons. The highest BCUT2D eigenvalue weighted by Crippen LogP contribution is 2.33. The predicted octanol–water partition coefficient (Wildman–Crippen LogP) is 1.10. The summed E-state index contributed by atoms with van der Waals surface area (Å²) in [6.45, 7) is 1.10. The molecule has 8 heteroatoms. The third-order valence-electron chi connectivity index (χ3n) is 3.12. The Morgan fingerprint density at radius 1 is 1.29 bits per heavy atom. The number of aliphatic hydroxyl groups is 1. The summed E-state index contributed by atoms with van der Waals surface area (Å²) >= 11 is 0. The Kier molecular flexibility index (Phi) is 3.66. The van der Waals surface area contributed by atoms with Crippen molar-refractivity contribution in [2.75, 3.05) is 0 Å². The van der Waals surface area contributed by atoms with Gasteiger partial charge in [-0.1, -0.05) is 6.07 Å². The molecule has 1 aromatic heterocycles. The minimum absolute atomic E-state index is 0.215. The molecule has 2 aromatic rings. The van der Waals surface area contributed by atoms with E-state index in [-0.39, 0.29) is 11.9 Å². The zero-order chi connectivity index (χ0) is 15.9. The van der Waals surface area contributed by atoms with Crippen LogP contribution in [0.5, 0.6) is 0 Å². The first-order valence-electron chi connectivity index (χ1n) is 6.12. The van der Waals surface area contributed by atoms with E-state index in [0.29, 0.717) is 0 Å². The third kappa shape index (κ3) is 2.58. The monoisotopic (exact) mass is 302 g/mol. The topological polar surface area (TPSA) is 64.2 Å². The summed E-state index contributed by atoms with van der Waals surface area (Å²) in [6.07, 6.45) is -5.65. The molecule has 1 unspecified atom stereocenters. The van der Waals surface area contributed by atoms with E-state index in [1.807, 2.05) is 0 Å². The first kappa shape index (κ1) is 15.3. The van der Waals surface area contributed by atoms with E-state index >= 15 is 0 Å². The summed E-state index contributed by atoms with van der Waals surface area (Å²) < 4.78 is 40.5. The first-order valence-corrected chi connectivity index (χ1v) is 6.12. The number of aromatic nitrogens is 2. The molecule has 21 heavy (non-hydrogen) atoms. The van der Waals surface area contributed by atoms with Crippen LogP contribution in [0.3, 0.4) is 0 Å². The van der Waals surface area contributed by atoms with E-state index in [1.54, 1.807) is 0 Å². The van der Waals surface area contributed by atoms with Crippen molar-refractivity contribution in [3.8, 4) is 0 Å². The van der Waals surface area contributed by atoms with Crippen molar-refractivity contribution < 1.29 is 18.3 Å². The minimum Gasteiger partial charge on any atom is -0.392 e. The number of halogens is 3. The molecular formula is C13H13F3N2O3. The van der Waals surface area contributed by atoms with E-state index in [9.17, 15) is 27.9 Å². The van der Waals surface area contributed by atoms with Gasteiger partial charge < -0.3 is 5.11 Å². The van der Waals surface area contributed by atoms with Crippen molar-refractivity contribution in [1.82, 2.24) is 9.13 Å². The van der Waals surface area contributed by atoms with Crippen LogP contribution in [-0.4, -0.2) is 20.3 Å². The Balaban J connectivity index is 2.96. The maximum atomic E-state index is 13.0. The van der Waals surface area contributed by atoms with Gasteiger partial charge in [0.2, 0.25) is 0 Å². The predicted molar refractivity (Wildman–Crippen MR) is 70.1 cm³/mol. The van der Waals surface area contributed by atoms with Crippen LogP contribution < -0.4 is 11.2 Å². The maximum absolute atomic E-state index is 13.0. The fourth-order valence-corrected chi connectivity index (χ4v) is 2.24. The lowest BCUT2D eigenvalue weighted by Crippen LogP contribution is -2.41. The van der Waals surface area contributed by atoms with Gasteiger partial charge in [-0.25, -0.2) is 4.79 Å². The Bertz CT molecular complexity index is 803. The van der Waals surface area contributed by atoms with Crippen LogP contribution >= 0.6 is 0 Å².